The van der Waals surface area contributed by atoms with Crippen molar-refractivity contribution in [2.24, 2.45) is 5.10 Å². The van der Waals surface area contributed by atoms with Crippen molar-refractivity contribution in [2.75, 3.05) is 14.2 Å². The standard InChI is InChI=1S/C25H24N6O3/c1-17(22-14-13-21(33-2)15-23(22)34-3)26-28-25(32)20-11-9-18(10-12-20)16-31-29-24(27-30-31)19-7-5-4-6-8-19/h4-15H,16H2,1-3H3,(H,28,32)/b26-17+. The zero-order chi connectivity index (χ0) is 23.9. The van der Waals surface area contributed by atoms with Crippen molar-refractivity contribution in [2.45, 2.75) is 13.5 Å². The van der Waals surface area contributed by atoms with Crippen LogP contribution in [0.5, 0.6) is 11.5 Å². The van der Waals surface area contributed by atoms with Crippen molar-refractivity contribution < 1.29 is 14.3 Å². The van der Waals surface area contributed by atoms with Gasteiger partial charge in [-0.05, 0) is 42.0 Å². The summed E-state index contributed by atoms with van der Waals surface area (Å²) in [6.45, 7) is 2.23. The minimum absolute atomic E-state index is 0.316. The Morgan fingerprint density at radius 1 is 1.00 bits per heavy atom. The van der Waals surface area contributed by atoms with E-state index in [-0.39, 0.29) is 5.91 Å². The van der Waals surface area contributed by atoms with Crippen LogP contribution in [0.3, 0.4) is 0 Å². The molecule has 9 heteroatoms. The molecule has 0 aliphatic carbocycles. The summed E-state index contributed by atoms with van der Waals surface area (Å²) in [5.41, 5.74) is 6.29. The van der Waals surface area contributed by atoms with Crippen LogP contribution in [0.15, 0.2) is 77.9 Å². The topological polar surface area (TPSA) is 104 Å². The molecule has 1 heterocycles. The van der Waals surface area contributed by atoms with Crippen LogP contribution in [0, 0.1) is 0 Å². The lowest BCUT2D eigenvalue weighted by Gasteiger charge is -2.10. The molecule has 34 heavy (non-hydrogen) atoms. The van der Waals surface area contributed by atoms with Crippen molar-refractivity contribution in [1.29, 1.82) is 0 Å². The lowest BCUT2D eigenvalue weighted by molar-refractivity contribution is 0.0955. The lowest BCUT2D eigenvalue weighted by Crippen LogP contribution is -2.19. The van der Waals surface area contributed by atoms with Crippen LogP contribution in [0.4, 0.5) is 0 Å². The molecular weight excluding hydrogens is 432 g/mol. The number of aromatic nitrogens is 4. The zero-order valence-electron chi connectivity index (χ0n) is 19.1. The molecule has 0 aliphatic heterocycles. The molecule has 0 radical (unpaired) electrons. The van der Waals surface area contributed by atoms with Gasteiger partial charge in [0.25, 0.3) is 5.91 Å². The molecule has 1 amide bonds. The molecule has 0 bridgehead atoms. The number of benzene rings is 3. The summed E-state index contributed by atoms with van der Waals surface area (Å²) in [6.07, 6.45) is 0. The van der Waals surface area contributed by atoms with Crippen molar-refractivity contribution in [3.05, 3.63) is 89.5 Å². The average Bonchev–Trinajstić information content (AvgIpc) is 3.36. The highest BCUT2D eigenvalue weighted by Crippen LogP contribution is 2.25. The second-order valence-electron chi connectivity index (χ2n) is 7.41. The van der Waals surface area contributed by atoms with E-state index in [0.717, 1.165) is 16.7 Å². The van der Waals surface area contributed by atoms with Crippen LogP contribution in [-0.2, 0) is 6.54 Å². The lowest BCUT2D eigenvalue weighted by atomic mass is 10.1. The number of rotatable bonds is 8. The molecule has 0 fully saturated rings. The first-order valence-electron chi connectivity index (χ1n) is 10.6. The maximum atomic E-state index is 12.6. The number of ether oxygens (including phenoxy) is 2. The smallest absolute Gasteiger partial charge is 0.271 e. The van der Waals surface area contributed by atoms with Crippen LogP contribution in [-0.4, -0.2) is 46.0 Å². The number of nitrogens with zero attached hydrogens (tertiary/aromatic N) is 5. The number of carbonyl (C=O) groups is 1. The summed E-state index contributed by atoms with van der Waals surface area (Å²) in [5.74, 6) is 1.54. The van der Waals surface area contributed by atoms with Crippen molar-refractivity contribution in [1.82, 2.24) is 25.6 Å². The van der Waals surface area contributed by atoms with E-state index < -0.39 is 0 Å². The van der Waals surface area contributed by atoms with Gasteiger partial charge in [-0.15, -0.1) is 10.2 Å². The quantitative estimate of drug-likeness (QED) is 0.321. The van der Waals surface area contributed by atoms with E-state index in [0.29, 0.717) is 35.1 Å². The van der Waals surface area contributed by atoms with E-state index in [4.69, 9.17) is 9.47 Å². The van der Waals surface area contributed by atoms with Crippen molar-refractivity contribution in [3.8, 4) is 22.9 Å². The largest absolute Gasteiger partial charge is 0.497 e. The van der Waals surface area contributed by atoms with Gasteiger partial charge in [0.1, 0.15) is 11.5 Å². The summed E-state index contributed by atoms with van der Waals surface area (Å²) >= 11 is 0. The summed E-state index contributed by atoms with van der Waals surface area (Å²) < 4.78 is 10.6. The van der Waals surface area contributed by atoms with Crippen molar-refractivity contribution >= 4 is 11.6 Å². The Balaban J connectivity index is 1.39. The molecule has 4 rings (SSSR count). The number of hydrazone groups is 1. The molecule has 0 saturated carbocycles. The fourth-order valence-corrected chi connectivity index (χ4v) is 3.29. The minimum atomic E-state index is -0.316. The van der Waals surface area contributed by atoms with Crippen LogP contribution < -0.4 is 14.9 Å². The van der Waals surface area contributed by atoms with Crippen LogP contribution in [0.2, 0.25) is 0 Å². The Morgan fingerprint density at radius 3 is 2.47 bits per heavy atom. The Bertz CT molecular complexity index is 1300. The third kappa shape index (κ3) is 5.26. The maximum absolute atomic E-state index is 12.6. The predicted molar refractivity (Wildman–Crippen MR) is 128 cm³/mol. The summed E-state index contributed by atoms with van der Waals surface area (Å²) in [4.78, 5) is 14.1. The molecule has 1 N–H and O–H groups in total. The van der Waals surface area contributed by atoms with Gasteiger partial charge in [-0.3, -0.25) is 4.79 Å². The number of amides is 1. The van der Waals surface area contributed by atoms with E-state index >= 15 is 0 Å². The molecule has 0 spiro atoms. The number of carbonyl (C=O) groups excluding carboxylic acids is 1. The molecule has 4 aromatic rings. The third-order valence-electron chi connectivity index (χ3n) is 5.15. The average molecular weight is 457 g/mol. The summed E-state index contributed by atoms with van der Waals surface area (Å²) in [6, 6.07) is 22.2. The molecule has 9 nitrogen and oxygen atoms in total. The number of tetrazole rings is 1. The van der Waals surface area contributed by atoms with E-state index in [1.807, 2.05) is 54.6 Å². The summed E-state index contributed by atoms with van der Waals surface area (Å²) in [5, 5.41) is 16.8. The number of nitrogens with one attached hydrogen (secondary N) is 1. The van der Waals surface area contributed by atoms with Crippen LogP contribution >= 0.6 is 0 Å². The monoisotopic (exact) mass is 456 g/mol. The first kappa shape index (κ1) is 22.7. The molecule has 0 atom stereocenters. The second-order valence-corrected chi connectivity index (χ2v) is 7.41. The highest BCUT2D eigenvalue weighted by molar-refractivity contribution is 6.02. The van der Waals surface area contributed by atoms with E-state index in [2.05, 4.69) is 25.9 Å². The zero-order valence-corrected chi connectivity index (χ0v) is 19.1. The van der Waals surface area contributed by atoms with Gasteiger partial charge in [-0.2, -0.15) is 9.90 Å². The van der Waals surface area contributed by atoms with E-state index in [9.17, 15) is 4.79 Å². The Morgan fingerprint density at radius 2 is 1.76 bits per heavy atom. The Labute approximate surface area is 197 Å². The predicted octanol–water partition coefficient (Wildman–Crippen LogP) is 3.56. The maximum Gasteiger partial charge on any atom is 0.271 e. The highest BCUT2D eigenvalue weighted by Gasteiger charge is 2.10. The van der Waals surface area contributed by atoms with Gasteiger partial charge in [0.05, 0.1) is 26.5 Å². The molecule has 0 aliphatic rings. The van der Waals surface area contributed by atoms with E-state index in [1.54, 1.807) is 39.3 Å². The van der Waals surface area contributed by atoms with Gasteiger partial charge in [-0.25, -0.2) is 5.43 Å². The fraction of sp³-hybridized carbons (Fsp3) is 0.160. The first-order chi connectivity index (χ1) is 16.6. The molecule has 172 valence electrons. The molecule has 0 unspecified atom stereocenters. The van der Waals surface area contributed by atoms with Crippen LogP contribution in [0.25, 0.3) is 11.4 Å². The summed E-state index contributed by atoms with van der Waals surface area (Å²) in [7, 11) is 3.16. The van der Waals surface area contributed by atoms with Gasteiger partial charge < -0.3 is 9.47 Å². The minimum Gasteiger partial charge on any atom is -0.497 e. The van der Waals surface area contributed by atoms with Gasteiger partial charge in [-0.1, -0.05) is 42.5 Å². The Kier molecular flexibility index (Phi) is 6.92. The third-order valence-corrected chi connectivity index (χ3v) is 5.15. The molecule has 1 aromatic heterocycles. The molecule has 0 saturated heterocycles. The molecule has 3 aromatic carbocycles. The van der Waals surface area contributed by atoms with Crippen LogP contribution in [0.1, 0.15) is 28.4 Å². The highest BCUT2D eigenvalue weighted by atomic mass is 16.5. The van der Waals surface area contributed by atoms with E-state index in [1.165, 1.54) is 4.80 Å². The Hall–Kier alpha value is -4.53. The normalized spacial score (nSPS) is 11.2. The van der Waals surface area contributed by atoms with Gasteiger partial charge in [0.15, 0.2) is 0 Å². The van der Waals surface area contributed by atoms with Gasteiger partial charge in [0, 0.05) is 22.8 Å². The number of hydrogen-bond donors (Lipinski definition) is 1. The number of methoxy groups -OCH3 is 2. The SMILES string of the molecule is COc1ccc(/C(C)=N/NC(=O)c2ccc(Cn3nnc(-c4ccccc4)n3)cc2)c(OC)c1. The van der Waals surface area contributed by atoms with Crippen molar-refractivity contribution in [3.63, 3.8) is 0 Å². The fourth-order valence-electron chi connectivity index (χ4n) is 3.29. The van der Waals surface area contributed by atoms with Gasteiger partial charge >= 0.3 is 0 Å². The number of hydrogen-bond acceptors (Lipinski definition) is 7. The first-order valence-corrected chi connectivity index (χ1v) is 10.6. The van der Waals surface area contributed by atoms with Gasteiger partial charge in [0.2, 0.25) is 5.82 Å². The second kappa shape index (κ2) is 10.4. The molecular formula is C25H24N6O3.